The van der Waals surface area contributed by atoms with Crippen LogP contribution in [0.15, 0.2) is 30.8 Å². The molecule has 1 aromatic rings. The maximum atomic E-state index is 12.0. The van der Waals surface area contributed by atoms with E-state index in [-0.39, 0.29) is 6.42 Å². The van der Waals surface area contributed by atoms with Gasteiger partial charge in [-0.3, -0.25) is 4.79 Å². The van der Waals surface area contributed by atoms with E-state index in [1.54, 1.807) is 12.1 Å². The lowest BCUT2D eigenvalue weighted by Gasteiger charge is -2.10. The molecule has 0 aliphatic heterocycles. The predicted octanol–water partition coefficient (Wildman–Crippen LogP) is 3.70. The molecule has 1 rings (SSSR count). The SMILES string of the molecule is C=C(CCCC(F)F)c1ccccc1NC=O. The van der Waals surface area contributed by atoms with Crippen molar-refractivity contribution in [2.24, 2.45) is 0 Å². The van der Waals surface area contributed by atoms with Gasteiger partial charge >= 0.3 is 0 Å². The van der Waals surface area contributed by atoms with E-state index >= 15 is 0 Å². The van der Waals surface area contributed by atoms with Crippen molar-refractivity contribution in [3.63, 3.8) is 0 Å². The van der Waals surface area contributed by atoms with E-state index in [0.29, 0.717) is 24.9 Å². The summed E-state index contributed by atoms with van der Waals surface area (Å²) in [4.78, 5) is 10.4. The van der Waals surface area contributed by atoms with Crippen LogP contribution in [0.1, 0.15) is 24.8 Å². The van der Waals surface area contributed by atoms with Gasteiger partial charge in [0.2, 0.25) is 12.8 Å². The Labute approximate surface area is 99.3 Å². The first kappa shape index (κ1) is 13.4. The van der Waals surface area contributed by atoms with Crippen molar-refractivity contribution < 1.29 is 13.6 Å². The number of allylic oxidation sites excluding steroid dienone is 1. The summed E-state index contributed by atoms with van der Waals surface area (Å²) in [6.45, 7) is 3.86. The summed E-state index contributed by atoms with van der Waals surface area (Å²) in [6, 6.07) is 7.18. The quantitative estimate of drug-likeness (QED) is 0.722. The summed E-state index contributed by atoms with van der Waals surface area (Å²) in [5, 5.41) is 2.57. The fraction of sp³-hybridized carbons (Fsp3) is 0.308. The summed E-state index contributed by atoms with van der Waals surface area (Å²) >= 11 is 0. The van der Waals surface area contributed by atoms with Crippen molar-refractivity contribution in [2.45, 2.75) is 25.7 Å². The second kappa shape index (κ2) is 6.78. The minimum absolute atomic E-state index is 0.123. The first-order valence-electron chi connectivity index (χ1n) is 5.40. The van der Waals surface area contributed by atoms with Crippen LogP contribution < -0.4 is 5.32 Å². The van der Waals surface area contributed by atoms with Crippen molar-refractivity contribution >= 4 is 17.7 Å². The highest BCUT2D eigenvalue weighted by Crippen LogP contribution is 2.26. The minimum Gasteiger partial charge on any atom is -0.328 e. The van der Waals surface area contributed by atoms with Gasteiger partial charge in [-0.25, -0.2) is 8.78 Å². The first-order chi connectivity index (χ1) is 8.15. The number of nitrogens with one attached hydrogen (secondary N) is 1. The van der Waals surface area contributed by atoms with Gasteiger partial charge in [0.25, 0.3) is 0 Å². The van der Waals surface area contributed by atoms with E-state index in [4.69, 9.17) is 0 Å². The van der Waals surface area contributed by atoms with Gasteiger partial charge in [-0.05, 0) is 24.5 Å². The summed E-state index contributed by atoms with van der Waals surface area (Å²) < 4.78 is 24.0. The second-order valence-corrected chi connectivity index (χ2v) is 3.69. The monoisotopic (exact) mass is 239 g/mol. The molecule has 0 saturated carbocycles. The highest BCUT2D eigenvalue weighted by molar-refractivity contribution is 5.82. The number of benzene rings is 1. The van der Waals surface area contributed by atoms with Gasteiger partial charge in [0.15, 0.2) is 0 Å². The van der Waals surface area contributed by atoms with Crippen LogP contribution >= 0.6 is 0 Å². The third kappa shape index (κ3) is 4.34. The van der Waals surface area contributed by atoms with E-state index in [2.05, 4.69) is 11.9 Å². The molecule has 0 fully saturated rings. The van der Waals surface area contributed by atoms with Crippen molar-refractivity contribution in [1.29, 1.82) is 0 Å². The molecular weight excluding hydrogens is 224 g/mol. The Morgan fingerprint density at radius 2 is 2.12 bits per heavy atom. The van der Waals surface area contributed by atoms with Crippen LogP contribution in [0.5, 0.6) is 0 Å². The number of hydrogen-bond acceptors (Lipinski definition) is 1. The van der Waals surface area contributed by atoms with Crippen LogP contribution in [0.3, 0.4) is 0 Å². The number of carbonyl (C=O) groups is 1. The molecule has 0 unspecified atom stereocenters. The van der Waals surface area contributed by atoms with Crippen LogP contribution in [-0.4, -0.2) is 12.8 Å². The maximum absolute atomic E-state index is 12.0. The number of amides is 1. The van der Waals surface area contributed by atoms with Gasteiger partial charge in [0, 0.05) is 17.7 Å². The zero-order chi connectivity index (χ0) is 12.7. The molecule has 0 heterocycles. The molecule has 0 aromatic heterocycles. The summed E-state index contributed by atoms with van der Waals surface area (Å²) in [5.74, 6) is 0. The summed E-state index contributed by atoms with van der Waals surface area (Å²) in [5.41, 5.74) is 2.22. The van der Waals surface area contributed by atoms with Crippen molar-refractivity contribution in [3.8, 4) is 0 Å². The predicted molar refractivity (Wildman–Crippen MR) is 65.0 cm³/mol. The number of anilines is 1. The third-order valence-electron chi connectivity index (χ3n) is 2.42. The zero-order valence-electron chi connectivity index (χ0n) is 9.46. The number of alkyl halides is 2. The average Bonchev–Trinajstić information content (AvgIpc) is 2.29. The molecule has 0 aliphatic rings. The Hall–Kier alpha value is -1.71. The second-order valence-electron chi connectivity index (χ2n) is 3.69. The number of hydrogen-bond donors (Lipinski definition) is 1. The maximum Gasteiger partial charge on any atom is 0.238 e. The molecule has 2 nitrogen and oxygen atoms in total. The third-order valence-corrected chi connectivity index (χ3v) is 2.42. The van der Waals surface area contributed by atoms with E-state index in [1.165, 1.54) is 0 Å². The lowest BCUT2D eigenvalue weighted by Crippen LogP contribution is -1.98. The largest absolute Gasteiger partial charge is 0.328 e. The van der Waals surface area contributed by atoms with Gasteiger partial charge in [-0.15, -0.1) is 0 Å². The number of para-hydroxylation sites is 1. The molecule has 0 saturated heterocycles. The van der Waals surface area contributed by atoms with Crippen LogP contribution in [0.4, 0.5) is 14.5 Å². The Balaban J connectivity index is 2.64. The van der Waals surface area contributed by atoms with Gasteiger partial charge in [-0.1, -0.05) is 24.8 Å². The topological polar surface area (TPSA) is 29.1 Å². The van der Waals surface area contributed by atoms with E-state index in [0.717, 1.165) is 11.1 Å². The normalized spacial score (nSPS) is 10.3. The molecule has 0 atom stereocenters. The van der Waals surface area contributed by atoms with Gasteiger partial charge in [0.05, 0.1) is 0 Å². The molecule has 17 heavy (non-hydrogen) atoms. The summed E-state index contributed by atoms with van der Waals surface area (Å²) in [7, 11) is 0. The number of halogens is 2. The Kier molecular flexibility index (Phi) is 5.33. The van der Waals surface area contributed by atoms with Gasteiger partial charge < -0.3 is 5.32 Å². The van der Waals surface area contributed by atoms with Crippen LogP contribution in [0.2, 0.25) is 0 Å². The lowest BCUT2D eigenvalue weighted by atomic mass is 10.0. The molecule has 1 aromatic carbocycles. The lowest BCUT2D eigenvalue weighted by molar-refractivity contribution is -0.105. The Morgan fingerprint density at radius 3 is 2.76 bits per heavy atom. The van der Waals surface area contributed by atoms with E-state index in [1.807, 2.05) is 12.1 Å². The first-order valence-corrected chi connectivity index (χ1v) is 5.40. The smallest absolute Gasteiger partial charge is 0.238 e. The van der Waals surface area contributed by atoms with Crippen molar-refractivity contribution in [3.05, 3.63) is 36.4 Å². The summed E-state index contributed by atoms with van der Waals surface area (Å²) in [6.07, 6.45) is -0.910. The molecule has 92 valence electrons. The number of carbonyl (C=O) groups excluding carboxylic acids is 1. The van der Waals surface area contributed by atoms with Gasteiger partial charge in [0.1, 0.15) is 0 Å². The fourth-order valence-corrected chi connectivity index (χ4v) is 1.59. The van der Waals surface area contributed by atoms with Crippen molar-refractivity contribution in [1.82, 2.24) is 0 Å². The van der Waals surface area contributed by atoms with E-state index in [9.17, 15) is 13.6 Å². The molecular formula is C13H15F2NO. The zero-order valence-corrected chi connectivity index (χ0v) is 9.46. The molecule has 1 amide bonds. The number of rotatable bonds is 7. The van der Waals surface area contributed by atoms with Crippen LogP contribution in [-0.2, 0) is 4.79 Å². The van der Waals surface area contributed by atoms with Crippen LogP contribution in [0, 0.1) is 0 Å². The molecule has 1 N–H and O–H groups in total. The standard InChI is InChI=1S/C13H15F2NO/c1-10(5-4-8-13(14)15)11-6-2-3-7-12(11)16-9-17/h2-3,6-7,9,13H,1,4-5,8H2,(H,16,17). The average molecular weight is 239 g/mol. The minimum atomic E-state index is -2.27. The van der Waals surface area contributed by atoms with Gasteiger partial charge in [-0.2, -0.15) is 0 Å². The highest BCUT2D eigenvalue weighted by atomic mass is 19.3. The Bertz CT molecular complexity index is 391. The molecule has 0 aliphatic carbocycles. The molecule has 0 spiro atoms. The molecule has 4 heteroatoms. The highest BCUT2D eigenvalue weighted by Gasteiger charge is 2.07. The van der Waals surface area contributed by atoms with Crippen molar-refractivity contribution in [2.75, 3.05) is 5.32 Å². The Morgan fingerprint density at radius 1 is 1.41 bits per heavy atom. The fourth-order valence-electron chi connectivity index (χ4n) is 1.59. The molecule has 0 bridgehead atoms. The molecule has 0 radical (unpaired) electrons. The van der Waals surface area contributed by atoms with Crippen LogP contribution in [0.25, 0.3) is 5.57 Å². The van der Waals surface area contributed by atoms with E-state index < -0.39 is 6.43 Å².